The van der Waals surface area contributed by atoms with Crippen LogP contribution < -0.4 is 5.32 Å². The van der Waals surface area contributed by atoms with E-state index in [4.69, 9.17) is 9.84 Å². The third-order valence-electron chi connectivity index (χ3n) is 2.62. The van der Waals surface area contributed by atoms with Crippen molar-refractivity contribution in [2.45, 2.75) is 44.4 Å². The second kappa shape index (κ2) is 5.81. The Morgan fingerprint density at radius 3 is 2.75 bits per heavy atom. The fourth-order valence-corrected chi connectivity index (χ4v) is 1.63. The summed E-state index contributed by atoms with van der Waals surface area (Å²) < 4.78 is 5.20. The van der Waals surface area contributed by atoms with Gasteiger partial charge in [0.05, 0.1) is 18.6 Å². The van der Waals surface area contributed by atoms with E-state index in [1.807, 2.05) is 0 Å². The van der Waals surface area contributed by atoms with E-state index in [0.717, 1.165) is 0 Å². The van der Waals surface area contributed by atoms with Gasteiger partial charge in [0.25, 0.3) is 0 Å². The van der Waals surface area contributed by atoms with Gasteiger partial charge < -0.3 is 20.3 Å². The molecule has 3 atom stereocenters. The van der Waals surface area contributed by atoms with Crippen LogP contribution in [0.5, 0.6) is 0 Å². The molecule has 0 aromatic rings. The van der Waals surface area contributed by atoms with Crippen molar-refractivity contribution < 1.29 is 24.5 Å². The molecule has 1 heterocycles. The molecule has 1 aliphatic heterocycles. The van der Waals surface area contributed by atoms with Gasteiger partial charge in [-0.3, -0.25) is 9.59 Å². The minimum atomic E-state index is -1.00. The summed E-state index contributed by atoms with van der Waals surface area (Å²) in [5.41, 5.74) is 0. The summed E-state index contributed by atoms with van der Waals surface area (Å²) in [6.07, 6.45) is -0.750. The van der Waals surface area contributed by atoms with Gasteiger partial charge in [0.2, 0.25) is 5.91 Å². The highest BCUT2D eigenvalue weighted by atomic mass is 16.5. The summed E-state index contributed by atoms with van der Waals surface area (Å²) in [7, 11) is 0. The van der Waals surface area contributed by atoms with Crippen molar-refractivity contribution in [2.75, 3.05) is 6.61 Å². The molecule has 0 bridgehead atoms. The van der Waals surface area contributed by atoms with Gasteiger partial charge in [0.1, 0.15) is 6.10 Å². The Hall–Kier alpha value is -1.14. The van der Waals surface area contributed by atoms with Crippen LogP contribution in [0.25, 0.3) is 0 Å². The molecule has 1 saturated heterocycles. The van der Waals surface area contributed by atoms with Crippen molar-refractivity contribution in [3.8, 4) is 0 Å². The number of carbonyl (C=O) groups is 2. The monoisotopic (exact) mass is 231 g/mol. The standard InChI is InChI=1S/C10H17NO5/c1-6-10(15)7(4-5-16-6)11-8(12)2-3-9(13)14/h6-7,10,15H,2-5H2,1H3,(H,11,12)(H,13,14)/t6-,7-,10+/m0/s1. The largest absolute Gasteiger partial charge is 0.481 e. The van der Waals surface area contributed by atoms with Gasteiger partial charge in [-0.2, -0.15) is 0 Å². The summed E-state index contributed by atoms with van der Waals surface area (Å²) in [5, 5.41) is 20.7. The number of aliphatic hydroxyl groups excluding tert-OH is 1. The molecule has 1 rings (SSSR count). The molecule has 0 aromatic heterocycles. The van der Waals surface area contributed by atoms with Crippen molar-refractivity contribution >= 4 is 11.9 Å². The van der Waals surface area contributed by atoms with Crippen LogP contribution in [0.4, 0.5) is 0 Å². The number of ether oxygens (including phenoxy) is 1. The number of carboxylic acid groups (broad SMARTS) is 1. The van der Waals surface area contributed by atoms with Crippen LogP contribution in [-0.2, 0) is 14.3 Å². The van der Waals surface area contributed by atoms with Crippen LogP contribution in [-0.4, -0.2) is 46.9 Å². The van der Waals surface area contributed by atoms with Crippen molar-refractivity contribution in [1.82, 2.24) is 5.32 Å². The van der Waals surface area contributed by atoms with Gasteiger partial charge in [-0.1, -0.05) is 0 Å². The van der Waals surface area contributed by atoms with Crippen LogP contribution in [0, 0.1) is 0 Å². The van der Waals surface area contributed by atoms with Crippen LogP contribution in [0.2, 0.25) is 0 Å². The third-order valence-corrected chi connectivity index (χ3v) is 2.62. The molecule has 16 heavy (non-hydrogen) atoms. The van der Waals surface area contributed by atoms with E-state index in [-0.39, 0.29) is 30.9 Å². The number of hydrogen-bond donors (Lipinski definition) is 3. The molecule has 6 nitrogen and oxygen atoms in total. The van der Waals surface area contributed by atoms with Crippen molar-refractivity contribution in [3.05, 3.63) is 0 Å². The number of rotatable bonds is 4. The number of carboxylic acids is 1. The second-order valence-corrected chi connectivity index (χ2v) is 3.92. The molecule has 0 radical (unpaired) electrons. The van der Waals surface area contributed by atoms with E-state index < -0.39 is 12.1 Å². The van der Waals surface area contributed by atoms with Crippen molar-refractivity contribution in [2.24, 2.45) is 0 Å². The van der Waals surface area contributed by atoms with E-state index in [2.05, 4.69) is 5.32 Å². The normalized spacial score (nSPS) is 29.8. The van der Waals surface area contributed by atoms with Gasteiger partial charge in [0, 0.05) is 13.0 Å². The van der Waals surface area contributed by atoms with E-state index in [1.165, 1.54) is 0 Å². The Kier molecular flexibility index (Phi) is 4.70. The highest BCUT2D eigenvalue weighted by Gasteiger charge is 2.30. The quantitative estimate of drug-likeness (QED) is 0.606. The van der Waals surface area contributed by atoms with Crippen LogP contribution >= 0.6 is 0 Å². The first-order valence-electron chi connectivity index (χ1n) is 5.31. The lowest BCUT2D eigenvalue weighted by atomic mass is 10.0. The van der Waals surface area contributed by atoms with Gasteiger partial charge in [-0.15, -0.1) is 0 Å². The summed E-state index contributed by atoms with van der Waals surface area (Å²) in [6, 6.07) is -0.343. The second-order valence-electron chi connectivity index (χ2n) is 3.92. The average Bonchev–Trinajstić information content (AvgIpc) is 2.22. The molecular formula is C10H17NO5. The molecule has 0 unspecified atom stereocenters. The van der Waals surface area contributed by atoms with E-state index in [1.54, 1.807) is 6.92 Å². The van der Waals surface area contributed by atoms with Crippen LogP contribution in [0.15, 0.2) is 0 Å². The number of aliphatic carboxylic acids is 1. The first kappa shape index (κ1) is 12.9. The summed E-state index contributed by atoms with van der Waals surface area (Å²) in [4.78, 5) is 21.6. The van der Waals surface area contributed by atoms with E-state index >= 15 is 0 Å². The predicted molar refractivity (Wildman–Crippen MR) is 54.8 cm³/mol. The van der Waals surface area contributed by atoms with Crippen LogP contribution in [0.1, 0.15) is 26.2 Å². The van der Waals surface area contributed by atoms with Gasteiger partial charge >= 0.3 is 5.97 Å². The molecule has 6 heteroatoms. The summed E-state index contributed by atoms with van der Waals surface area (Å²) >= 11 is 0. The predicted octanol–water partition coefficient (Wildman–Crippen LogP) is -0.494. The number of carbonyl (C=O) groups excluding carboxylic acids is 1. The molecule has 0 aromatic carbocycles. The summed E-state index contributed by atoms with van der Waals surface area (Å²) in [6.45, 7) is 2.22. The van der Waals surface area contributed by atoms with Crippen LogP contribution in [0.3, 0.4) is 0 Å². The maximum atomic E-state index is 11.3. The SMILES string of the molecule is C[C@@H]1OCC[C@H](NC(=O)CCC(=O)O)[C@@H]1O. The number of aliphatic hydroxyl groups is 1. The molecule has 92 valence electrons. The molecule has 1 amide bonds. The van der Waals surface area contributed by atoms with Crippen molar-refractivity contribution in [1.29, 1.82) is 0 Å². The van der Waals surface area contributed by atoms with E-state index in [0.29, 0.717) is 13.0 Å². The highest BCUT2D eigenvalue weighted by molar-refractivity contribution is 5.80. The van der Waals surface area contributed by atoms with Gasteiger partial charge in [0.15, 0.2) is 0 Å². The zero-order chi connectivity index (χ0) is 12.1. The van der Waals surface area contributed by atoms with Gasteiger partial charge in [-0.05, 0) is 13.3 Å². The lowest BCUT2D eigenvalue weighted by Gasteiger charge is -2.33. The molecular weight excluding hydrogens is 214 g/mol. The minimum absolute atomic E-state index is 0.0617. The Morgan fingerprint density at radius 1 is 1.44 bits per heavy atom. The zero-order valence-corrected chi connectivity index (χ0v) is 9.18. The molecule has 1 aliphatic rings. The highest BCUT2D eigenvalue weighted by Crippen LogP contribution is 2.14. The Balaban J connectivity index is 2.35. The first-order valence-corrected chi connectivity index (χ1v) is 5.31. The first-order chi connectivity index (χ1) is 7.50. The zero-order valence-electron chi connectivity index (χ0n) is 9.18. The number of nitrogens with one attached hydrogen (secondary N) is 1. The average molecular weight is 231 g/mol. The molecule has 0 saturated carbocycles. The molecule has 0 spiro atoms. The topological polar surface area (TPSA) is 95.9 Å². The smallest absolute Gasteiger partial charge is 0.303 e. The number of amides is 1. The maximum Gasteiger partial charge on any atom is 0.303 e. The third kappa shape index (κ3) is 3.79. The summed E-state index contributed by atoms with van der Waals surface area (Å²) in [5.74, 6) is -1.35. The lowest BCUT2D eigenvalue weighted by Crippen LogP contribution is -2.52. The Labute approximate surface area is 93.6 Å². The van der Waals surface area contributed by atoms with E-state index in [9.17, 15) is 14.7 Å². The Morgan fingerprint density at radius 2 is 2.12 bits per heavy atom. The fraction of sp³-hybridized carbons (Fsp3) is 0.800. The Bertz CT molecular complexity index is 268. The molecule has 1 fully saturated rings. The fourth-order valence-electron chi connectivity index (χ4n) is 1.63. The van der Waals surface area contributed by atoms with Crippen molar-refractivity contribution in [3.63, 3.8) is 0 Å². The number of hydrogen-bond acceptors (Lipinski definition) is 4. The molecule has 0 aliphatic carbocycles. The maximum absolute atomic E-state index is 11.3. The minimum Gasteiger partial charge on any atom is -0.481 e. The van der Waals surface area contributed by atoms with Gasteiger partial charge in [-0.25, -0.2) is 0 Å². The molecule has 3 N–H and O–H groups in total. The lowest BCUT2D eigenvalue weighted by molar-refractivity contribution is -0.139.